The zero-order valence-corrected chi connectivity index (χ0v) is 12.9. The molecule has 1 aliphatic carbocycles. The summed E-state index contributed by atoms with van der Waals surface area (Å²) >= 11 is 11.8. The zero-order chi connectivity index (χ0) is 13.3. The predicted molar refractivity (Wildman–Crippen MR) is 81.2 cm³/mol. The first kappa shape index (κ1) is 16.6. The highest BCUT2D eigenvalue weighted by molar-refractivity contribution is 6.42. The van der Waals surface area contributed by atoms with Crippen LogP contribution in [0.4, 0.5) is 0 Å². The molecule has 1 saturated carbocycles. The van der Waals surface area contributed by atoms with E-state index in [1.54, 1.807) is 6.07 Å². The lowest BCUT2D eigenvalue weighted by atomic mass is 10.1. The van der Waals surface area contributed by atoms with Gasteiger partial charge in [-0.05, 0) is 37.0 Å². The van der Waals surface area contributed by atoms with Crippen molar-refractivity contribution in [3.63, 3.8) is 0 Å². The molecule has 0 bridgehead atoms. The van der Waals surface area contributed by atoms with Crippen LogP contribution in [-0.4, -0.2) is 18.5 Å². The molecule has 1 fully saturated rings. The van der Waals surface area contributed by atoms with Crippen LogP contribution >= 0.6 is 35.6 Å². The van der Waals surface area contributed by atoms with Gasteiger partial charge in [-0.2, -0.15) is 0 Å². The van der Waals surface area contributed by atoms with Gasteiger partial charge in [0.1, 0.15) is 0 Å². The first-order chi connectivity index (χ1) is 8.52. The number of halogens is 3. The molecule has 1 aromatic rings. The van der Waals surface area contributed by atoms with Crippen molar-refractivity contribution in [3.05, 3.63) is 33.8 Å². The number of amides is 1. The van der Waals surface area contributed by atoms with Crippen molar-refractivity contribution in [1.29, 1.82) is 0 Å². The van der Waals surface area contributed by atoms with Crippen LogP contribution in [0.25, 0.3) is 0 Å². The van der Waals surface area contributed by atoms with Gasteiger partial charge in [-0.15, -0.1) is 12.4 Å². The van der Waals surface area contributed by atoms with E-state index in [4.69, 9.17) is 28.9 Å². The van der Waals surface area contributed by atoms with E-state index >= 15 is 0 Å². The third-order valence-corrected chi connectivity index (χ3v) is 3.98. The molecule has 0 radical (unpaired) electrons. The summed E-state index contributed by atoms with van der Waals surface area (Å²) in [4.78, 5) is 11.9. The third-order valence-electron chi connectivity index (χ3n) is 3.24. The van der Waals surface area contributed by atoms with Crippen LogP contribution in [0, 0.1) is 5.92 Å². The van der Waals surface area contributed by atoms with Gasteiger partial charge in [0.15, 0.2) is 0 Å². The van der Waals surface area contributed by atoms with Gasteiger partial charge in [0.25, 0.3) is 0 Å². The maximum atomic E-state index is 11.9. The minimum Gasteiger partial charge on any atom is -0.352 e. The molecule has 6 heteroatoms. The fourth-order valence-corrected chi connectivity index (χ4v) is 2.31. The smallest absolute Gasteiger partial charge is 0.224 e. The second-order valence-electron chi connectivity index (χ2n) is 4.77. The number of hydrogen-bond acceptors (Lipinski definition) is 2. The van der Waals surface area contributed by atoms with E-state index in [1.165, 1.54) is 0 Å². The monoisotopic (exact) mass is 322 g/mol. The van der Waals surface area contributed by atoms with Gasteiger partial charge < -0.3 is 11.1 Å². The second-order valence-corrected chi connectivity index (χ2v) is 5.58. The molecule has 0 aliphatic heterocycles. The minimum atomic E-state index is 0. The molecule has 3 N–H and O–H groups in total. The largest absolute Gasteiger partial charge is 0.352 e. The number of hydrogen-bond donors (Lipinski definition) is 2. The Morgan fingerprint density at radius 1 is 1.47 bits per heavy atom. The number of rotatable bonds is 4. The topological polar surface area (TPSA) is 55.1 Å². The Morgan fingerprint density at radius 3 is 2.74 bits per heavy atom. The molecule has 2 rings (SSSR count). The molecule has 0 aromatic heterocycles. The van der Waals surface area contributed by atoms with Crippen LogP contribution in [0.2, 0.25) is 10.0 Å². The molecular formula is C13H17Cl3N2O. The van der Waals surface area contributed by atoms with Gasteiger partial charge in [0.05, 0.1) is 10.0 Å². The molecule has 3 atom stereocenters. The number of nitrogens with one attached hydrogen (secondary N) is 1. The Kier molecular flexibility index (Phi) is 5.93. The highest BCUT2D eigenvalue weighted by Crippen LogP contribution is 2.48. The molecule has 0 spiro atoms. The lowest BCUT2D eigenvalue weighted by molar-refractivity contribution is -0.122. The van der Waals surface area contributed by atoms with Crippen LogP contribution < -0.4 is 11.1 Å². The van der Waals surface area contributed by atoms with Crippen LogP contribution in [0.5, 0.6) is 0 Å². The highest BCUT2D eigenvalue weighted by Gasteiger charge is 2.44. The number of benzene rings is 1. The van der Waals surface area contributed by atoms with Gasteiger partial charge in [-0.3, -0.25) is 4.79 Å². The molecular weight excluding hydrogens is 307 g/mol. The summed E-state index contributed by atoms with van der Waals surface area (Å²) in [5.74, 6) is 0.366. The first-order valence-electron chi connectivity index (χ1n) is 5.98. The van der Waals surface area contributed by atoms with Gasteiger partial charge in [0, 0.05) is 18.5 Å². The van der Waals surface area contributed by atoms with E-state index in [2.05, 4.69) is 5.32 Å². The van der Waals surface area contributed by atoms with E-state index in [1.807, 2.05) is 19.1 Å². The molecule has 106 valence electrons. The Hall–Kier alpha value is -0.480. The van der Waals surface area contributed by atoms with E-state index in [0.717, 1.165) is 12.0 Å². The van der Waals surface area contributed by atoms with Crippen LogP contribution in [0.3, 0.4) is 0 Å². The Labute approximate surface area is 129 Å². The Balaban J connectivity index is 0.00000180. The fraction of sp³-hybridized carbons (Fsp3) is 0.462. The molecule has 0 heterocycles. The summed E-state index contributed by atoms with van der Waals surface area (Å²) in [5.41, 5.74) is 6.55. The van der Waals surface area contributed by atoms with E-state index in [0.29, 0.717) is 16.6 Å². The maximum absolute atomic E-state index is 11.9. The predicted octanol–water partition coefficient (Wildman–Crippen LogP) is 2.98. The number of nitrogens with two attached hydrogens (primary N) is 1. The van der Waals surface area contributed by atoms with Crippen LogP contribution in [0.15, 0.2) is 18.2 Å². The molecule has 1 aliphatic rings. The Morgan fingerprint density at radius 2 is 2.16 bits per heavy atom. The van der Waals surface area contributed by atoms with E-state index < -0.39 is 0 Å². The van der Waals surface area contributed by atoms with Crippen molar-refractivity contribution in [2.45, 2.75) is 25.3 Å². The van der Waals surface area contributed by atoms with Gasteiger partial charge >= 0.3 is 0 Å². The van der Waals surface area contributed by atoms with Crippen LogP contribution in [-0.2, 0) is 4.79 Å². The molecule has 0 saturated heterocycles. The third kappa shape index (κ3) is 3.99. The summed E-state index contributed by atoms with van der Waals surface area (Å²) < 4.78 is 0. The lowest BCUT2D eigenvalue weighted by Crippen LogP contribution is -2.38. The summed E-state index contributed by atoms with van der Waals surface area (Å²) in [6.45, 7) is 2.35. The van der Waals surface area contributed by atoms with Crippen molar-refractivity contribution < 1.29 is 4.79 Å². The number of carbonyl (C=O) groups excluding carboxylic acids is 1. The number of carbonyl (C=O) groups is 1. The second kappa shape index (κ2) is 6.80. The van der Waals surface area contributed by atoms with Crippen molar-refractivity contribution in [3.8, 4) is 0 Å². The molecule has 1 aromatic carbocycles. The molecule has 19 heavy (non-hydrogen) atoms. The van der Waals surface area contributed by atoms with Crippen LogP contribution in [0.1, 0.15) is 24.8 Å². The minimum absolute atomic E-state index is 0. The standard InChI is InChI=1S/C13H16Cl2N2O.ClH/c1-7(6-16)17-13(18)10-5-9(10)8-2-3-11(14)12(15)4-8;/h2-4,7,9-10H,5-6,16H2,1H3,(H,17,18);1H/t7-,9?,10?;/m0./s1. The summed E-state index contributed by atoms with van der Waals surface area (Å²) in [5, 5.41) is 3.97. The quantitative estimate of drug-likeness (QED) is 0.895. The van der Waals surface area contributed by atoms with Crippen molar-refractivity contribution in [2.24, 2.45) is 11.7 Å². The molecule has 2 unspecified atom stereocenters. The molecule has 3 nitrogen and oxygen atoms in total. The zero-order valence-electron chi connectivity index (χ0n) is 10.5. The molecule has 1 amide bonds. The van der Waals surface area contributed by atoms with Crippen molar-refractivity contribution in [1.82, 2.24) is 5.32 Å². The van der Waals surface area contributed by atoms with E-state index in [-0.39, 0.29) is 36.2 Å². The first-order valence-corrected chi connectivity index (χ1v) is 6.74. The summed E-state index contributed by atoms with van der Waals surface area (Å²) in [6, 6.07) is 5.56. The van der Waals surface area contributed by atoms with Gasteiger partial charge in [0.2, 0.25) is 5.91 Å². The van der Waals surface area contributed by atoms with Crippen molar-refractivity contribution >= 4 is 41.5 Å². The van der Waals surface area contributed by atoms with Gasteiger partial charge in [-0.25, -0.2) is 0 Å². The Bertz CT molecular complexity index is 467. The van der Waals surface area contributed by atoms with Gasteiger partial charge in [-0.1, -0.05) is 29.3 Å². The normalized spacial score (nSPS) is 22.3. The average molecular weight is 324 g/mol. The average Bonchev–Trinajstić information content (AvgIpc) is 3.12. The lowest BCUT2D eigenvalue weighted by Gasteiger charge is -2.11. The van der Waals surface area contributed by atoms with Crippen molar-refractivity contribution in [2.75, 3.05) is 6.54 Å². The van der Waals surface area contributed by atoms with E-state index in [9.17, 15) is 4.79 Å². The SMILES string of the molecule is C[C@@H](CN)NC(=O)C1CC1c1ccc(Cl)c(Cl)c1.Cl. The fourth-order valence-electron chi connectivity index (χ4n) is 2.00. The summed E-state index contributed by atoms with van der Waals surface area (Å²) in [7, 11) is 0. The summed E-state index contributed by atoms with van der Waals surface area (Å²) in [6.07, 6.45) is 0.862. The highest BCUT2D eigenvalue weighted by atomic mass is 35.5. The maximum Gasteiger partial charge on any atom is 0.224 e.